The normalized spacial score (nSPS) is 10.5. The summed E-state index contributed by atoms with van der Waals surface area (Å²) in [7, 11) is 0. The summed E-state index contributed by atoms with van der Waals surface area (Å²) in [6.45, 7) is 4.80. The number of ether oxygens (including phenoxy) is 3. The van der Waals surface area contributed by atoms with E-state index in [0.29, 0.717) is 19.8 Å². The van der Waals surface area contributed by atoms with Crippen molar-refractivity contribution < 1.29 is 14.2 Å². The van der Waals surface area contributed by atoms with Gasteiger partial charge in [-0.15, -0.1) is 0 Å². The van der Waals surface area contributed by atoms with Gasteiger partial charge in [-0.1, -0.05) is 50.1 Å². The Labute approximate surface area is 139 Å². The van der Waals surface area contributed by atoms with Crippen LogP contribution >= 0.6 is 0 Å². The predicted octanol–water partition coefficient (Wildman–Crippen LogP) is 4.85. The van der Waals surface area contributed by atoms with Crippen LogP contribution in [0.15, 0.2) is 54.6 Å². The first-order chi connectivity index (χ1) is 11.4. The van der Waals surface area contributed by atoms with Crippen molar-refractivity contribution in [2.45, 2.75) is 32.8 Å². The van der Waals surface area contributed by atoms with Crippen LogP contribution in [0.3, 0.4) is 0 Å². The maximum absolute atomic E-state index is 5.75. The quantitative estimate of drug-likeness (QED) is 0.555. The number of unbranched alkanes of at least 4 members (excludes halogenated alkanes) is 2. The summed E-state index contributed by atoms with van der Waals surface area (Å²) in [4.78, 5) is 0. The number of benzene rings is 2. The standard InChI is InChI=1S/C20H26O3/c1-2-3-7-14-21-15-16-22-19-10-12-20(13-11-19)23-17-18-8-5-4-6-9-18/h4-6,8-13H,2-3,7,14-17H2,1H3. The van der Waals surface area contributed by atoms with Crippen molar-refractivity contribution in [1.82, 2.24) is 0 Å². The third kappa shape index (κ3) is 7.20. The lowest BCUT2D eigenvalue weighted by Crippen LogP contribution is -2.07. The summed E-state index contributed by atoms with van der Waals surface area (Å²) in [6, 6.07) is 17.9. The van der Waals surface area contributed by atoms with Gasteiger partial charge in [-0.05, 0) is 36.2 Å². The van der Waals surface area contributed by atoms with E-state index in [9.17, 15) is 0 Å². The Bertz CT molecular complexity index is 522. The third-order valence-electron chi connectivity index (χ3n) is 3.46. The minimum atomic E-state index is 0.576. The maximum Gasteiger partial charge on any atom is 0.120 e. The molecule has 0 aromatic heterocycles. The van der Waals surface area contributed by atoms with Crippen molar-refractivity contribution in [2.24, 2.45) is 0 Å². The molecule has 0 unspecified atom stereocenters. The Morgan fingerprint density at radius 2 is 1.39 bits per heavy atom. The molecular formula is C20H26O3. The van der Waals surface area contributed by atoms with E-state index in [1.165, 1.54) is 12.8 Å². The first-order valence-corrected chi connectivity index (χ1v) is 8.36. The zero-order chi connectivity index (χ0) is 16.2. The Hall–Kier alpha value is -2.00. The van der Waals surface area contributed by atoms with Gasteiger partial charge in [0.1, 0.15) is 24.7 Å². The molecule has 0 amide bonds. The van der Waals surface area contributed by atoms with Crippen molar-refractivity contribution in [3.8, 4) is 11.5 Å². The number of rotatable bonds is 11. The highest BCUT2D eigenvalue weighted by Crippen LogP contribution is 2.18. The second kappa shape index (κ2) is 10.7. The predicted molar refractivity (Wildman–Crippen MR) is 93.1 cm³/mol. The molecule has 2 rings (SSSR count). The second-order valence-corrected chi connectivity index (χ2v) is 5.41. The molecule has 0 saturated carbocycles. The molecule has 2 aromatic rings. The van der Waals surface area contributed by atoms with Gasteiger partial charge in [-0.3, -0.25) is 0 Å². The van der Waals surface area contributed by atoms with Crippen LogP contribution in [0.5, 0.6) is 11.5 Å². The molecule has 0 spiro atoms. The summed E-state index contributed by atoms with van der Waals surface area (Å²) in [6.07, 6.45) is 3.58. The monoisotopic (exact) mass is 314 g/mol. The fraction of sp³-hybridized carbons (Fsp3) is 0.400. The van der Waals surface area contributed by atoms with E-state index < -0.39 is 0 Å². The van der Waals surface area contributed by atoms with Crippen LogP contribution < -0.4 is 9.47 Å². The minimum absolute atomic E-state index is 0.576. The molecule has 0 saturated heterocycles. The topological polar surface area (TPSA) is 27.7 Å². The fourth-order valence-corrected chi connectivity index (χ4v) is 2.15. The van der Waals surface area contributed by atoms with Crippen molar-refractivity contribution in [2.75, 3.05) is 19.8 Å². The van der Waals surface area contributed by atoms with E-state index in [2.05, 4.69) is 19.1 Å². The summed E-state index contributed by atoms with van der Waals surface area (Å²) in [5.41, 5.74) is 1.16. The van der Waals surface area contributed by atoms with Crippen LogP contribution in [0.25, 0.3) is 0 Å². The van der Waals surface area contributed by atoms with Gasteiger partial charge in [-0.2, -0.15) is 0 Å². The lowest BCUT2D eigenvalue weighted by Gasteiger charge is -2.09. The van der Waals surface area contributed by atoms with Crippen molar-refractivity contribution in [3.05, 3.63) is 60.2 Å². The van der Waals surface area contributed by atoms with Gasteiger partial charge in [0.05, 0.1) is 6.61 Å². The smallest absolute Gasteiger partial charge is 0.120 e. The summed E-state index contributed by atoms with van der Waals surface area (Å²) >= 11 is 0. The second-order valence-electron chi connectivity index (χ2n) is 5.41. The average Bonchev–Trinajstić information content (AvgIpc) is 2.61. The lowest BCUT2D eigenvalue weighted by atomic mass is 10.2. The number of hydrogen-bond acceptors (Lipinski definition) is 3. The van der Waals surface area contributed by atoms with E-state index >= 15 is 0 Å². The molecule has 23 heavy (non-hydrogen) atoms. The average molecular weight is 314 g/mol. The summed E-state index contributed by atoms with van der Waals surface area (Å²) < 4.78 is 16.9. The highest BCUT2D eigenvalue weighted by molar-refractivity contribution is 5.31. The summed E-state index contributed by atoms with van der Waals surface area (Å²) in [5.74, 6) is 1.69. The van der Waals surface area contributed by atoms with Crippen molar-refractivity contribution in [3.63, 3.8) is 0 Å². The molecule has 2 aromatic carbocycles. The van der Waals surface area contributed by atoms with Crippen LogP contribution in [0, 0.1) is 0 Å². The van der Waals surface area contributed by atoms with Crippen molar-refractivity contribution >= 4 is 0 Å². The van der Waals surface area contributed by atoms with E-state index in [4.69, 9.17) is 14.2 Å². The third-order valence-corrected chi connectivity index (χ3v) is 3.46. The van der Waals surface area contributed by atoms with Gasteiger partial charge in [0.25, 0.3) is 0 Å². The van der Waals surface area contributed by atoms with Gasteiger partial charge in [0.2, 0.25) is 0 Å². The Balaban J connectivity index is 1.62. The lowest BCUT2D eigenvalue weighted by molar-refractivity contribution is 0.0973. The SMILES string of the molecule is CCCCCOCCOc1ccc(OCc2ccccc2)cc1. The van der Waals surface area contributed by atoms with E-state index in [0.717, 1.165) is 30.1 Å². The Morgan fingerprint density at radius 1 is 0.696 bits per heavy atom. The van der Waals surface area contributed by atoms with Gasteiger partial charge < -0.3 is 14.2 Å². The highest BCUT2D eigenvalue weighted by atomic mass is 16.5. The molecule has 0 radical (unpaired) electrons. The van der Waals surface area contributed by atoms with Gasteiger partial charge in [0, 0.05) is 6.61 Å². The largest absolute Gasteiger partial charge is 0.491 e. The van der Waals surface area contributed by atoms with Crippen LogP contribution in [0.1, 0.15) is 31.7 Å². The fourth-order valence-electron chi connectivity index (χ4n) is 2.15. The zero-order valence-electron chi connectivity index (χ0n) is 13.9. The molecule has 0 aliphatic rings. The number of hydrogen-bond donors (Lipinski definition) is 0. The van der Waals surface area contributed by atoms with Crippen LogP contribution in [-0.4, -0.2) is 19.8 Å². The molecule has 0 atom stereocenters. The van der Waals surface area contributed by atoms with Crippen LogP contribution in [0.2, 0.25) is 0 Å². The molecule has 0 bridgehead atoms. The van der Waals surface area contributed by atoms with E-state index in [1.807, 2.05) is 42.5 Å². The molecular weight excluding hydrogens is 288 g/mol. The Kier molecular flexibility index (Phi) is 8.06. The molecule has 124 valence electrons. The molecule has 3 heteroatoms. The van der Waals surface area contributed by atoms with Crippen LogP contribution in [0.4, 0.5) is 0 Å². The first-order valence-electron chi connectivity index (χ1n) is 8.36. The molecule has 0 N–H and O–H groups in total. The molecule has 0 fully saturated rings. The minimum Gasteiger partial charge on any atom is -0.491 e. The van der Waals surface area contributed by atoms with Gasteiger partial charge in [-0.25, -0.2) is 0 Å². The van der Waals surface area contributed by atoms with Gasteiger partial charge in [0.15, 0.2) is 0 Å². The van der Waals surface area contributed by atoms with Gasteiger partial charge >= 0.3 is 0 Å². The maximum atomic E-state index is 5.75. The van der Waals surface area contributed by atoms with E-state index in [1.54, 1.807) is 0 Å². The highest BCUT2D eigenvalue weighted by Gasteiger charge is 1.98. The van der Waals surface area contributed by atoms with Crippen molar-refractivity contribution in [1.29, 1.82) is 0 Å². The van der Waals surface area contributed by atoms with E-state index in [-0.39, 0.29) is 0 Å². The first kappa shape index (κ1) is 17.4. The molecule has 0 aliphatic carbocycles. The summed E-state index contributed by atoms with van der Waals surface area (Å²) in [5, 5.41) is 0. The Morgan fingerprint density at radius 3 is 2.09 bits per heavy atom. The molecule has 0 heterocycles. The zero-order valence-corrected chi connectivity index (χ0v) is 13.9. The van der Waals surface area contributed by atoms with Crippen LogP contribution in [-0.2, 0) is 11.3 Å². The molecule has 3 nitrogen and oxygen atoms in total. The molecule has 0 aliphatic heterocycles.